The second-order valence-corrected chi connectivity index (χ2v) is 4.52. The highest BCUT2D eigenvalue weighted by Gasteiger charge is 2.02. The molecule has 0 atom stereocenters. The lowest BCUT2D eigenvalue weighted by Crippen LogP contribution is -1.88. The van der Waals surface area contributed by atoms with Crippen LogP contribution >= 0.6 is 0 Å². The quantitative estimate of drug-likeness (QED) is 0.559. The highest BCUT2D eigenvalue weighted by molar-refractivity contribution is 6.05. The van der Waals surface area contributed by atoms with E-state index in [4.69, 9.17) is 4.98 Å². The predicted molar refractivity (Wildman–Crippen MR) is 73.4 cm³/mol. The molecule has 0 radical (unpaired) electrons. The summed E-state index contributed by atoms with van der Waals surface area (Å²) in [5.41, 5.74) is 3.58. The number of aryl methyl sites for hydroxylation is 2. The second-order valence-electron chi connectivity index (χ2n) is 4.52. The van der Waals surface area contributed by atoms with E-state index >= 15 is 0 Å². The minimum Gasteiger partial charge on any atom is -0.252 e. The zero-order valence-electron chi connectivity index (χ0n) is 10.2. The van der Waals surface area contributed by atoms with Crippen molar-refractivity contribution in [2.45, 2.75) is 20.3 Å². The molecule has 3 rings (SSSR count). The Morgan fingerprint density at radius 2 is 1.71 bits per heavy atom. The number of fused-ring (bicyclic) bond motifs is 3. The van der Waals surface area contributed by atoms with Crippen LogP contribution in [0.15, 0.2) is 42.5 Å². The Kier molecular flexibility index (Phi) is 2.32. The van der Waals surface area contributed by atoms with Crippen LogP contribution in [0.4, 0.5) is 0 Å². The van der Waals surface area contributed by atoms with Crippen molar-refractivity contribution in [2.24, 2.45) is 0 Å². The van der Waals surface area contributed by atoms with Crippen LogP contribution in [0.2, 0.25) is 0 Å². The number of pyridine rings is 1. The van der Waals surface area contributed by atoms with Crippen molar-refractivity contribution in [1.82, 2.24) is 4.98 Å². The first-order chi connectivity index (χ1) is 8.28. The predicted octanol–water partition coefficient (Wildman–Crippen LogP) is 4.26. The lowest BCUT2D eigenvalue weighted by atomic mass is 10.0. The third-order valence-electron chi connectivity index (χ3n) is 3.25. The van der Waals surface area contributed by atoms with Gasteiger partial charge in [-0.3, -0.25) is 4.98 Å². The molecule has 0 unspecified atom stereocenters. The summed E-state index contributed by atoms with van der Waals surface area (Å²) >= 11 is 0. The van der Waals surface area contributed by atoms with Gasteiger partial charge < -0.3 is 0 Å². The van der Waals surface area contributed by atoms with Gasteiger partial charge in [-0.05, 0) is 24.8 Å². The number of hydrogen-bond acceptors (Lipinski definition) is 1. The summed E-state index contributed by atoms with van der Waals surface area (Å²) in [6.45, 7) is 4.27. The van der Waals surface area contributed by atoms with E-state index in [2.05, 4.69) is 56.3 Å². The van der Waals surface area contributed by atoms with Crippen LogP contribution in [0.1, 0.15) is 18.2 Å². The molecule has 1 nitrogen and oxygen atoms in total. The monoisotopic (exact) mass is 221 g/mol. The molecule has 1 heterocycles. The minimum absolute atomic E-state index is 0.984. The Bertz CT molecular complexity index is 698. The fourth-order valence-corrected chi connectivity index (χ4v) is 2.27. The van der Waals surface area contributed by atoms with Crippen LogP contribution in [0, 0.1) is 6.92 Å². The van der Waals surface area contributed by atoms with Gasteiger partial charge >= 0.3 is 0 Å². The molecule has 0 amide bonds. The van der Waals surface area contributed by atoms with Crippen LogP contribution < -0.4 is 0 Å². The lowest BCUT2D eigenvalue weighted by Gasteiger charge is -2.05. The Morgan fingerprint density at radius 1 is 0.941 bits per heavy atom. The molecule has 0 N–H and O–H groups in total. The largest absolute Gasteiger partial charge is 0.252 e. The van der Waals surface area contributed by atoms with E-state index in [1.165, 1.54) is 21.7 Å². The lowest BCUT2D eigenvalue weighted by molar-refractivity contribution is 1.06. The molecule has 3 aromatic rings. The Morgan fingerprint density at radius 3 is 2.53 bits per heavy atom. The average molecular weight is 221 g/mol. The third-order valence-corrected chi connectivity index (χ3v) is 3.25. The van der Waals surface area contributed by atoms with Gasteiger partial charge in [-0.1, -0.05) is 48.9 Å². The minimum atomic E-state index is 0.984. The van der Waals surface area contributed by atoms with Crippen LogP contribution in [0.25, 0.3) is 21.7 Å². The van der Waals surface area contributed by atoms with E-state index in [-0.39, 0.29) is 0 Å². The van der Waals surface area contributed by atoms with Gasteiger partial charge in [0.05, 0.1) is 5.52 Å². The summed E-state index contributed by atoms with van der Waals surface area (Å²) in [5, 5.41) is 3.75. The Balaban J connectivity index is 2.44. The molecular formula is C16H15N. The normalized spacial score (nSPS) is 11.2. The van der Waals surface area contributed by atoms with Crippen LogP contribution in [-0.4, -0.2) is 4.98 Å². The van der Waals surface area contributed by atoms with Gasteiger partial charge in [-0.15, -0.1) is 0 Å². The van der Waals surface area contributed by atoms with Gasteiger partial charge in [0.1, 0.15) is 0 Å². The fourth-order valence-electron chi connectivity index (χ4n) is 2.27. The standard InChI is InChI=1S/C16H15N/c1-3-14-8-7-12-5-6-13-10-11(2)4-9-15(13)16(12)17-14/h4-10H,3H2,1-2H3. The summed E-state index contributed by atoms with van der Waals surface area (Å²) < 4.78 is 0. The van der Waals surface area contributed by atoms with Crippen LogP contribution in [0.5, 0.6) is 0 Å². The van der Waals surface area contributed by atoms with E-state index in [1.807, 2.05) is 0 Å². The summed E-state index contributed by atoms with van der Waals surface area (Å²) in [6, 6.07) is 15.2. The summed E-state index contributed by atoms with van der Waals surface area (Å²) in [6.07, 6.45) is 0.984. The van der Waals surface area contributed by atoms with Crippen molar-refractivity contribution in [3.05, 3.63) is 53.7 Å². The summed E-state index contributed by atoms with van der Waals surface area (Å²) in [4.78, 5) is 4.75. The van der Waals surface area contributed by atoms with E-state index in [1.54, 1.807) is 0 Å². The smallest absolute Gasteiger partial charge is 0.0783 e. The number of nitrogens with zero attached hydrogens (tertiary/aromatic N) is 1. The van der Waals surface area contributed by atoms with Crippen molar-refractivity contribution >= 4 is 21.7 Å². The molecule has 0 saturated heterocycles. The average Bonchev–Trinajstić information content (AvgIpc) is 2.37. The molecule has 17 heavy (non-hydrogen) atoms. The number of benzene rings is 2. The number of rotatable bonds is 1. The van der Waals surface area contributed by atoms with Crippen molar-refractivity contribution in [2.75, 3.05) is 0 Å². The molecule has 2 aromatic carbocycles. The third kappa shape index (κ3) is 1.68. The van der Waals surface area contributed by atoms with E-state index < -0.39 is 0 Å². The highest BCUT2D eigenvalue weighted by Crippen LogP contribution is 2.25. The molecule has 0 bridgehead atoms. The molecule has 0 aliphatic heterocycles. The van der Waals surface area contributed by atoms with E-state index in [0.29, 0.717) is 0 Å². The molecule has 0 spiro atoms. The Labute approximate surface area is 101 Å². The zero-order valence-corrected chi connectivity index (χ0v) is 10.2. The summed E-state index contributed by atoms with van der Waals surface area (Å²) in [5.74, 6) is 0. The maximum atomic E-state index is 4.75. The molecule has 0 saturated carbocycles. The first-order valence-electron chi connectivity index (χ1n) is 6.07. The van der Waals surface area contributed by atoms with Gasteiger partial charge in [-0.25, -0.2) is 0 Å². The fraction of sp³-hybridized carbons (Fsp3) is 0.188. The van der Waals surface area contributed by atoms with Gasteiger partial charge in [0, 0.05) is 16.5 Å². The maximum Gasteiger partial charge on any atom is 0.0783 e. The Hall–Kier alpha value is -1.89. The van der Waals surface area contributed by atoms with Gasteiger partial charge in [-0.2, -0.15) is 0 Å². The summed E-state index contributed by atoms with van der Waals surface area (Å²) in [7, 11) is 0. The molecule has 1 heteroatoms. The van der Waals surface area contributed by atoms with Crippen LogP contribution in [-0.2, 0) is 6.42 Å². The number of hydrogen-bond donors (Lipinski definition) is 0. The van der Waals surface area contributed by atoms with E-state index in [0.717, 1.165) is 17.6 Å². The van der Waals surface area contributed by atoms with Crippen molar-refractivity contribution in [3.8, 4) is 0 Å². The molecule has 84 valence electrons. The molecule has 0 aliphatic carbocycles. The van der Waals surface area contributed by atoms with Crippen LogP contribution in [0.3, 0.4) is 0 Å². The first-order valence-corrected chi connectivity index (χ1v) is 6.07. The molecular weight excluding hydrogens is 206 g/mol. The highest BCUT2D eigenvalue weighted by atomic mass is 14.7. The first kappa shape index (κ1) is 10.3. The molecule has 0 fully saturated rings. The van der Waals surface area contributed by atoms with Crippen molar-refractivity contribution < 1.29 is 0 Å². The maximum absolute atomic E-state index is 4.75. The van der Waals surface area contributed by atoms with Crippen molar-refractivity contribution in [3.63, 3.8) is 0 Å². The topological polar surface area (TPSA) is 12.9 Å². The number of aromatic nitrogens is 1. The molecule has 0 aliphatic rings. The SMILES string of the molecule is CCc1ccc2ccc3cc(C)ccc3c2n1. The van der Waals surface area contributed by atoms with Gasteiger partial charge in [0.25, 0.3) is 0 Å². The zero-order chi connectivity index (χ0) is 11.8. The second kappa shape index (κ2) is 3.85. The van der Waals surface area contributed by atoms with Crippen molar-refractivity contribution in [1.29, 1.82) is 0 Å². The van der Waals surface area contributed by atoms with Gasteiger partial charge in [0.15, 0.2) is 0 Å². The van der Waals surface area contributed by atoms with E-state index in [9.17, 15) is 0 Å². The molecule has 1 aromatic heterocycles. The van der Waals surface area contributed by atoms with Gasteiger partial charge in [0.2, 0.25) is 0 Å².